The predicted molar refractivity (Wildman–Crippen MR) is 218 cm³/mol. The maximum Gasteiger partial charge on any atom is 0.165 e. The molecular weight excluding hydrogens is 653 g/mol. The van der Waals surface area contributed by atoms with E-state index in [4.69, 9.17) is 15.0 Å². The van der Waals surface area contributed by atoms with E-state index in [1.54, 1.807) is 11.3 Å². The first kappa shape index (κ1) is 29.1. The lowest BCUT2D eigenvalue weighted by Gasteiger charge is -2.14. The van der Waals surface area contributed by atoms with Crippen LogP contribution >= 0.6 is 11.3 Å². The Balaban J connectivity index is 1.23. The van der Waals surface area contributed by atoms with E-state index in [0.29, 0.717) is 17.5 Å². The summed E-state index contributed by atoms with van der Waals surface area (Å²) in [5.41, 5.74) is 6.45. The zero-order valence-electron chi connectivity index (χ0n) is 27.9. The summed E-state index contributed by atoms with van der Waals surface area (Å²) >= 11 is 1.80. The summed E-state index contributed by atoms with van der Waals surface area (Å²) in [6.07, 6.45) is 0. The highest BCUT2D eigenvalue weighted by Crippen LogP contribution is 2.45. The van der Waals surface area contributed by atoms with E-state index in [-0.39, 0.29) is 0 Å². The molecule has 0 aliphatic rings. The van der Waals surface area contributed by atoms with Crippen molar-refractivity contribution in [3.05, 3.63) is 170 Å². The van der Waals surface area contributed by atoms with E-state index in [1.807, 2.05) is 18.2 Å². The molecule has 0 bridgehead atoms. The van der Waals surface area contributed by atoms with E-state index in [9.17, 15) is 0 Å². The minimum absolute atomic E-state index is 0.654. The first-order valence-corrected chi connectivity index (χ1v) is 18.3. The molecule has 0 aliphatic carbocycles. The molecule has 11 rings (SSSR count). The van der Waals surface area contributed by atoms with Gasteiger partial charge in [0, 0.05) is 47.6 Å². The summed E-state index contributed by atoms with van der Waals surface area (Å²) in [5, 5.41) is 9.63. The molecular formula is C47H28N4S. The smallest absolute Gasteiger partial charge is 0.165 e. The number of thiophene rings is 1. The van der Waals surface area contributed by atoms with Gasteiger partial charge in [0.05, 0.1) is 16.7 Å². The van der Waals surface area contributed by atoms with Gasteiger partial charge in [-0.05, 0) is 57.9 Å². The normalized spacial score (nSPS) is 11.8. The topological polar surface area (TPSA) is 43.6 Å². The summed E-state index contributed by atoms with van der Waals surface area (Å²) < 4.78 is 4.83. The van der Waals surface area contributed by atoms with Crippen LogP contribution in [0.3, 0.4) is 0 Å². The molecule has 52 heavy (non-hydrogen) atoms. The maximum atomic E-state index is 5.27. The minimum atomic E-state index is 0.654. The Morgan fingerprint density at radius 3 is 1.88 bits per heavy atom. The Bertz CT molecular complexity index is 3190. The van der Waals surface area contributed by atoms with Gasteiger partial charge in [-0.3, -0.25) is 0 Å². The summed E-state index contributed by atoms with van der Waals surface area (Å²) in [7, 11) is 0. The Kier molecular flexibility index (Phi) is 6.39. The Morgan fingerprint density at radius 1 is 0.404 bits per heavy atom. The average Bonchev–Trinajstić information content (AvgIpc) is 3.76. The van der Waals surface area contributed by atoms with E-state index < -0.39 is 0 Å². The highest BCUT2D eigenvalue weighted by molar-refractivity contribution is 7.26. The van der Waals surface area contributed by atoms with Crippen molar-refractivity contribution in [3.8, 4) is 39.9 Å². The monoisotopic (exact) mass is 680 g/mol. The molecule has 0 atom stereocenters. The van der Waals surface area contributed by atoms with Gasteiger partial charge in [-0.2, -0.15) is 0 Å². The molecule has 0 radical (unpaired) electrons. The van der Waals surface area contributed by atoms with Crippen LogP contribution in [0, 0.1) is 0 Å². The number of benzene rings is 8. The van der Waals surface area contributed by atoms with Gasteiger partial charge in [0.2, 0.25) is 0 Å². The van der Waals surface area contributed by atoms with Crippen LogP contribution in [-0.2, 0) is 0 Å². The summed E-state index contributed by atoms with van der Waals surface area (Å²) in [6.45, 7) is 0. The van der Waals surface area contributed by atoms with E-state index >= 15 is 0 Å². The van der Waals surface area contributed by atoms with Crippen LogP contribution in [0.5, 0.6) is 0 Å². The number of aromatic nitrogens is 4. The quantitative estimate of drug-likeness (QED) is 0.186. The van der Waals surface area contributed by atoms with Crippen molar-refractivity contribution in [2.24, 2.45) is 0 Å². The second-order valence-electron chi connectivity index (χ2n) is 13.2. The van der Waals surface area contributed by atoms with Gasteiger partial charge in [-0.1, -0.05) is 133 Å². The zero-order chi connectivity index (χ0) is 34.2. The molecule has 0 unspecified atom stereocenters. The molecule has 0 fully saturated rings. The van der Waals surface area contributed by atoms with Crippen molar-refractivity contribution in [1.82, 2.24) is 19.5 Å². The van der Waals surface area contributed by atoms with Gasteiger partial charge in [0.15, 0.2) is 17.5 Å². The third kappa shape index (κ3) is 4.43. The maximum absolute atomic E-state index is 5.27. The molecule has 0 saturated carbocycles. The predicted octanol–water partition coefficient (Wildman–Crippen LogP) is 12.6. The average molecular weight is 681 g/mol. The summed E-state index contributed by atoms with van der Waals surface area (Å²) in [5.74, 6) is 1.97. The third-order valence-corrected chi connectivity index (χ3v) is 11.4. The lowest BCUT2D eigenvalue weighted by atomic mass is 10.0. The molecule has 3 aromatic heterocycles. The Morgan fingerprint density at radius 2 is 1.04 bits per heavy atom. The van der Waals surface area contributed by atoms with Crippen LogP contribution in [0.4, 0.5) is 0 Å². The molecule has 11 aromatic rings. The lowest BCUT2D eigenvalue weighted by Crippen LogP contribution is -2.01. The Hall–Kier alpha value is -6.69. The fourth-order valence-corrected chi connectivity index (χ4v) is 9.07. The second kappa shape index (κ2) is 11.4. The number of fused-ring (bicyclic) bond motifs is 8. The fraction of sp³-hybridized carbons (Fsp3) is 0. The van der Waals surface area contributed by atoms with Crippen molar-refractivity contribution in [2.75, 3.05) is 0 Å². The standard InChI is InChI=1S/C47H28N4S/c1-2-14-30(15-3-1)45-48-46(35-22-12-18-29-13-6-7-19-33(29)35)50-47(49-45)37-25-26-40(43-36-21-9-11-24-42(36)52-44(37)43)51-39-23-10-8-20-34(39)38-27-31-16-4-5-17-32(31)28-41(38)51/h1-28H. The number of hydrogen-bond acceptors (Lipinski definition) is 4. The van der Waals surface area contributed by atoms with Crippen LogP contribution in [0.25, 0.3) is 103 Å². The van der Waals surface area contributed by atoms with Gasteiger partial charge in [-0.15, -0.1) is 11.3 Å². The van der Waals surface area contributed by atoms with Crippen LogP contribution in [0.2, 0.25) is 0 Å². The molecule has 0 spiro atoms. The van der Waals surface area contributed by atoms with Gasteiger partial charge in [-0.25, -0.2) is 15.0 Å². The van der Waals surface area contributed by atoms with Crippen molar-refractivity contribution in [1.29, 1.82) is 0 Å². The molecule has 0 N–H and O–H groups in total. The Labute approximate surface area is 302 Å². The van der Waals surface area contributed by atoms with Crippen LogP contribution in [0.15, 0.2) is 170 Å². The highest BCUT2D eigenvalue weighted by Gasteiger charge is 2.22. The van der Waals surface area contributed by atoms with Gasteiger partial charge >= 0.3 is 0 Å². The molecule has 5 heteroatoms. The van der Waals surface area contributed by atoms with E-state index in [0.717, 1.165) is 37.9 Å². The summed E-state index contributed by atoms with van der Waals surface area (Å²) in [6, 6.07) is 60.2. The van der Waals surface area contributed by atoms with Crippen molar-refractivity contribution in [3.63, 3.8) is 0 Å². The highest BCUT2D eigenvalue weighted by atomic mass is 32.1. The number of para-hydroxylation sites is 1. The van der Waals surface area contributed by atoms with Crippen LogP contribution in [-0.4, -0.2) is 19.5 Å². The van der Waals surface area contributed by atoms with E-state index in [2.05, 4.69) is 156 Å². The van der Waals surface area contributed by atoms with Crippen molar-refractivity contribution < 1.29 is 0 Å². The van der Waals surface area contributed by atoms with Crippen molar-refractivity contribution >= 4 is 74.9 Å². The zero-order valence-corrected chi connectivity index (χ0v) is 28.7. The molecule has 0 saturated heterocycles. The molecule has 242 valence electrons. The largest absolute Gasteiger partial charge is 0.309 e. The van der Waals surface area contributed by atoms with Gasteiger partial charge in [0.25, 0.3) is 0 Å². The van der Waals surface area contributed by atoms with Crippen LogP contribution < -0.4 is 0 Å². The first-order valence-electron chi connectivity index (χ1n) is 17.5. The lowest BCUT2D eigenvalue weighted by molar-refractivity contribution is 1.08. The number of rotatable bonds is 4. The molecule has 3 heterocycles. The number of nitrogens with zero attached hydrogens (tertiary/aromatic N) is 4. The SMILES string of the molecule is c1ccc(-c2nc(-c3cccc4ccccc34)nc(-c3ccc(-n4c5ccccc5c5cc6ccccc6cc54)c4c3sc3ccccc34)n2)cc1. The fourth-order valence-electron chi connectivity index (χ4n) is 7.84. The molecule has 8 aromatic carbocycles. The molecule has 0 aliphatic heterocycles. The minimum Gasteiger partial charge on any atom is -0.309 e. The van der Waals surface area contributed by atoms with Crippen LogP contribution in [0.1, 0.15) is 0 Å². The van der Waals surface area contributed by atoms with Gasteiger partial charge < -0.3 is 4.57 Å². The van der Waals surface area contributed by atoms with E-state index in [1.165, 1.54) is 48.1 Å². The molecule has 0 amide bonds. The first-order chi connectivity index (χ1) is 25.8. The second-order valence-corrected chi connectivity index (χ2v) is 14.3. The molecule has 4 nitrogen and oxygen atoms in total. The summed E-state index contributed by atoms with van der Waals surface area (Å²) in [4.78, 5) is 15.6. The number of hydrogen-bond donors (Lipinski definition) is 0. The third-order valence-electron chi connectivity index (χ3n) is 10.2. The van der Waals surface area contributed by atoms with Gasteiger partial charge in [0.1, 0.15) is 0 Å². The van der Waals surface area contributed by atoms with Crippen molar-refractivity contribution in [2.45, 2.75) is 0 Å².